The number of nitrogens with zero attached hydrogens (tertiary/aromatic N) is 2. The monoisotopic (exact) mass is 475 g/mol. The van der Waals surface area contributed by atoms with Gasteiger partial charge in [-0.25, -0.2) is 0 Å². The average molecular weight is 476 g/mol. The molecule has 0 saturated heterocycles. The van der Waals surface area contributed by atoms with E-state index in [4.69, 9.17) is 16.7 Å². The van der Waals surface area contributed by atoms with Crippen LogP contribution in [0.15, 0.2) is 54.6 Å². The highest BCUT2D eigenvalue weighted by atomic mass is 35.5. The molecule has 1 aliphatic rings. The Labute approximate surface area is 195 Å². The first-order chi connectivity index (χ1) is 15.7. The highest BCUT2D eigenvalue weighted by Gasteiger charge is 2.32. The Kier molecular flexibility index (Phi) is 6.79. The number of alkyl halides is 3. The van der Waals surface area contributed by atoms with Crippen LogP contribution < -0.4 is 5.32 Å². The molecular weight excluding hydrogens is 451 g/mol. The van der Waals surface area contributed by atoms with Crippen LogP contribution in [-0.2, 0) is 12.7 Å². The van der Waals surface area contributed by atoms with Gasteiger partial charge in [-0.15, -0.1) is 0 Å². The maximum atomic E-state index is 13.0. The zero-order valence-electron chi connectivity index (χ0n) is 18.2. The number of halogens is 4. The molecule has 3 aromatic rings. The van der Waals surface area contributed by atoms with Gasteiger partial charge >= 0.3 is 6.18 Å². The van der Waals surface area contributed by atoms with Crippen LogP contribution in [-0.4, -0.2) is 21.7 Å². The van der Waals surface area contributed by atoms with Gasteiger partial charge in [-0.2, -0.15) is 18.3 Å². The molecule has 4 rings (SSSR count). The molecule has 174 valence electrons. The van der Waals surface area contributed by atoms with Gasteiger partial charge in [-0.1, -0.05) is 41.9 Å². The minimum absolute atomic E-state index is 0.0116. The van der Waals surface area contributed by atoms with E-state index >= 15 is 0 Å². The molecule has 1 saturated carbocycles. The van der Waals surface area contributed by atoms with Crippen LogP contribution in [0, 0.1) is 12.8 Å². The van der Waals surface area contributed by atoms with E-state index in [-0.39, 0.29) is 16.6 Å². The first-order valence-corrected chi connectivity index (χ1v) is 11.4. The fraction of sp³-hybridized carbons (Fsp3) is 0.360. The van der Waals surface area contributed by atoms with Crippen molar-refractivity contribution in [1.29, 1.82) is 0 Å². The molecule has 4 nitrogen and oxygen atoms in total. The van der Waals surface area contributed by atoms with Gasteiger partial charge < -0.3 is 5.32 Å². The van der Waals surface area contributed by atoms with Crippen LogP contribution in [0.25, 0.3) is 11.3 Å². The number of hydrogen-bond acceptors (Lipinski definition) is 2. The van der Waals surface area contributed by atoms with Crippen molar-refractivity contribution in [1.82, 2.24) is 15.1 Å². The Morgan fingerprint density at radius 2 is 1.79 bits per heavy atom. The maximum absolute atomic E-state index is 13.0. The van der Waals surface area contributed by atoms with Crippen LogP contribution in [0.3, 0.4) is 0 Å². The molecule has 0 spiro atoms. The lowest BCUT2D eigenvalue weighted by atomic mass is 9.86. The van der Waals surface area contributed by atoms with Gasteiger partial charge in [-0.3, -0.25) is 9.48 Å². The van der Waals surface area contributed by atoms with E-state index in [1.807, 2.05) is 41.9 Å². The largest absolute Gasteiger partial charge is 0.416 e. The van der Waals surface area contributed by atoms with Gasteiger partial charge in [0.05, 0.1) is 21.8 Å². The Morgan fingerprint density at radius 1 is 1.09 bits per heavy atom. The number of hydrogen-bond donors (Lipinski definition) is 1. The molecule has 0 atom stereocenters. The van der Waals surface area contributed by atoms with E-state index in [9.17, 15) is 18.0 Å². The minimum atomic E-state index is -4.53. The van der Waals surface area contributed by atoms with Crippen LogP contribution in [0.2, 0.25) is 5.02 Å². The topological polar surface area (TPSA) is 46.9 Å². The number of aromatic nitrogens is 2. The standard InChI is InChI=1S/C25H25ClF3N3O/c1-16-13-23(18-5-3-2-4-6-18)31-32(16)15-17-7-10-20(11-8-17)30-24(33)21-14-19(25(27,28)29)9-12-22(21)26/h2-6,9,12-14,17,20H,7-8,10-11,15H2,1H3,(H,30,33)/t17-,20-. The van der Waals surface area contributed by atoms with Crippen molar-refractivity contribution in [2.45, 2.75) is 51.4 Å². The third-order valence-electron chi connectivity index (χ3n) is 6.20. The number of nitrogens with one attached hydrogen (secondary N) is 1. The van der Waals surface area contributed by atoms with Gasteiger partial charge in [0.25, 0.3) is 5.91 Å². The van der Waals surface area contributed by atoms with Crippen LogP contribution in [0.1, 0.15) is 47.3 Å². The van der Waals surface area contributed by atoms with E-state index in [2.05, 4.69) is 11.4 Å². The predicted molar refractivity (Wildman–Crippen MR) is 122 cm³/mol. The summed E-state index contributed by atoms with van der Waals surface area (Å²) in [6.45, 7) is 2.85. The first kappa shape index (κ1) is 23.4. The second-order valence-corrected chi connectivity index (χ2v) is 9.01. The molecule has 8 heteroatoms. The molecule has 2 aromatic carbocycles. The second kappa shape index (κ2) is 9.59. The summed E-state index contributed by atoms with van der Waals surface area (Å²) in [5.74, 6) is -0.137. The molecule has 1 N–H and O–H groups in total. The molecule has 1 aromatic heterocycles. The number of rotatable bonds is 5. The summed E-state index contributed by atoms with van der Waals surface area (Å²) in [6, 6.07) is 14.8. The summed E-state index contributed by atoms with van der Waals surface area (Å²) in [5, 5.41) is 7.63. The predicted octanol–water partition coefficient (Wildman–Crippen LogP) is 6.52. The van der Waals surface area contributed by atoms with Crippen molar-refractivity contribution in [2.24, 2.45) is 5.92 Å². The number of benzene rings is 2. The van der Waals surface area contributed by atoms with E-state index in [0.29, 0.717) is 5.92 Å². The highest BCUT2D eigenvalue weighted by molar-refractivity contribution is 6.33. The van der Waals surface area contributed by atoms with Gasteiger partial charge in [0.2, 0.25) is 0 Å². The molecule has 1 fully saturated rings. The molecule has 0 unspecified atom stereocenters. The summed E-state index contributed by atoms with van der Waals surface area (Å²) >= 11 is 6.00. The van der Waals surface area contributed by atoms with Crippen molar-refractivity contribution in [3.05, 3.63) is 76.4 Å². The molecule has 0 radical (unpaired) electrons. The molecular formula is C25H25ClF3N3O. The van der Waals surface area contributed by atoms with Crippen molar-refractivity contribution in [2.75, 3.05) is 0 Å². The Hall–Kier alpha value is -2.80. The van der Waals surface area contributed by atoms with E-state index in [1.54, 1.807) is 0 Å². The third kappa shape index (κ3) is 5.58. The van der Waals surface area contributed by atoms with E-state index < -0.39 is 17.6 Å². The van der Waals surface area contributed by atoms with Crippen molar-refractivity contribution in [3.8, 4) is 11.3 Å². The van der Waals surface area contributed by atoms with Crippen LogP contribution >= 0.6 is 11.6 Å². The first-order valence-electron chi connectivity index (χ1n) is 11.0. The summed E-state index contributed by atoms with van der Waals surface area (Å²) < 4.78 is 41.0. The Bertz CT molecular complexity index is 1120. The molecule has 0 bridgehead atoms. The fourth-order valence-corrected chi connectivity index (χ4v) is 4.52. The summed E-state index contributed by atoms with van der Waals surface area (Å²) in [4.78, 5) is 12.6. The maximum Gasteiger partial charge on any atom is 0.416 e. The normalized spacial score (nSPS) is 18.8. The SMILES string of the molecule is Cc1cc(-c2ccccc2)nn1C[C@H]1CC[C@H](NC(=O)c2cc(C(F)(F)F)ccc2Cl)CC1. The van der Waals surface area contributed by atoms with Crippen molar-refractivity contribution in [3.63, 3.8) is 0 Å². The Morgan fingerprint density at radius 3 is 2.45 bits per heavy atom. The number of amides is 1. The van der Waals surface area contributed by atoms with Gasteiger partial charge in [-0.05, 0) is 62.8 Å². The van der Waals surface area contributed by atoms with Gasteiger partial charge in [0.1, 0.15) is 0 Å². The smallest absolute Gasteiger partial charge is 0.349 e. The lowest BCUT2D eigenvalue weighted by molar-refractivity contribution is -0.137. The number of aryl methyl sites for hydroxylation is 1. The average Bonchev–Trinajstić information content (AvgIpc) is 3.15. The van der Waals surface area contributed by atoms with Gasteiger partial charge in [0.15, 0.2) is 0 Å². The molecule has 1 heterocycles. The van der Waals surface area contributed by atoms with Crippen molar-refractivity contribution >= 4 is 17.5 Å². The number of carbonyl (C=O) groups is 1. The molecule has 0 aliphatic heterocycles. The molecule has 33 heavy (non-hydrogen) atoms. The fourth-order valence-electron chi connectivity index (χ4n) is 4.32. The quantitative estimate of drug-likeness (QED) is 0.456. The summed E-state index contributed by atoms with van der Waals surface area (Å²) in [7, 11) is 0. The Balaban J connectivity index is 1.34. The molecule has 1 aliphatic carbocycles. The number of carbonyl (C=O) groups excluding carboxylic acids is 1. The summed E-state index contributed by atoms with van der Waals surface area (Å²) in [5.41, 5.74) is 2.11. The van der Waals surface area contributed by atoms with Crippen molar-refractivity contribution < 1.29 is 18.0 Å². The second-order valence-electron chi connectivity index (χ2n) is 8.60. The zero-order chi connectivity index (χ0) is 23.6. The zero-order valence-corrected chi connectivity index (χ0v) is 19.0. The van der Waals surface area contributed by atoms with E-state index in [0.717, 1.165) is 67.4 Å². The highest BCUT2D eigenvalue weighted by Crippen LogP contribution is 2.32. The lowest BCUT2D eigenvalue weighted by Crippen LogP contribution is -2.38. The molecule has 1 amide bonds. The van der Waals surface area contributed by atoms with Crippen LogP contribution in [0.5, 0.6) is 0 Å². The van der Waals surface area contributed by atoms with E-state index in [1.165, 1.54) is 0 Å². The van der Waals surface area contributed by atoms with Crippen LogP contribution in [0.4, 0.5) is 13.2 Å². The van der Waals surface area contributed by atoms with Gasteiger partial charge in [0, 0.05) is 23.8 Å². The third-order valence-corrected chi connectivity index (χ3v) is 6.53. The lowest BCUT2D eigenvalue weighted by Gasteiger charge is -2.29. The summed E-state index contributed by atoms with van der Waals surface area (Å²) in [6.07, 6.45) is -1.19. The minimum Gasteiger partial charge on any atom is -0.349 e.